The van der Waals surface area contributed by atoms with Crippen LogP contribution in [0.3, 0.4) is 0 Å². The number of hydrogen-bond donors (Lipinski definition) is 3. The summed E-state index contributed by atoms with van der Waals surface area (Å²) in [5, 5.41) is 3.10. The highest BCUT2D eigenvalue weighted by atomic mass is 19.1. The number of amides is 3. The molecule has 7 nitrogen and oxygen atoms in total. The first-order valence-electron chi connectivity index (χ1n) is 9.06. The molecule has 1 heterocycles. The molecule has 3 N–H and O–H groups in total. The van der Waals surface area contributed by atoms with Gasteiger partial charge in [-0.3, -0.25) is 25.2 Å². The minimum absolute atomic E-state index is 0.0232. The number of hydrogen-bond acceptors (Lipinski definition) is 4. The third-order valence-electron chi connectivity index (χ3n) is 4.48. The van der Waals surface area contributed by atoms with E-state index in [-0.39, 0.29) is 5.76 Å². The van der Waals surface area contributed by atoms with Crippen molar-refractivity contribution >= 4 is 28.7 Å². The smallest absolute Gasteiger partial charge is 0.305 e. The van der Waals surface area contributed by atoms with Crippen LogP contribution in [-0.4, -0.2) is 17.7 Å². The zero-order valence-corrected chi connectivity index (χ0v) is 16.2. The van der Waals surface area contributed by atoms with Crippen LogP contribution in [-0.2, 0) is 9.59 Å². The van der Waals surface area contributed by atoms with Gasteiger partial charge < -0.3 is 9.73 Å². The van der Waals surface area contributed by atoms with Gasteiger partial charge in [0.25, 0.3) is 0 Å². The van der Waals surface area contributed by atoms with Gasteiger partial charge in [0.05, 0.1) is 12.5 Å². The van der Waals surface area contributed by atoms with Gasteiger partial charge in [-0.15, -0.1) is 0 Å². The molecule has 0 bridgehead atoms. The van der Waals surface area contributed by atoms with Crippen LogP contribution in [0.4, 0.5) is 8.78 Å². The lowest BCUT2D eigenvalue weighted by Crippen LogP contribution is -2.43. The minimum atomic E-state index is -1.26. The van der Waals surface area contributed by atoms with Gasteiger partial charge in [-0.2, -0.15) is 0 Å². The lowest BCUT2D eigenvalue weighted by molar-refractivity contribution is -0.123. The van der Waals surface area contributed by atoms with E-state index in [4.69, 9.17) is 4.42 Å². The average molecular weight is 415 g/mol. The molecule has 30 heavy (non-hydrogen) atoms. The highest BCUT2D eigenvalue weighted by Gasteiger charge is 2.24. The number of benzene rings is 2. The van der Waals surface area contributed by atoms with Gasteiger partial charge in [0.2, 0.25) is 11.8 Å². The van der Waals surface area contributed by atoms with Crippen molar-refractivity contribution in [3.05, 3.63) is 71.0 Å². The van der Waals surface area contributed by atoms with Crippen molar-refractivity contribution in [1.29, 1.82) is 0 Å². The molecule has 0 saturated carbocycles. The van der Waals surface area contributed by atoms with E-state index >= 15 is 0 Å². The van der Waals surface area contributed by atoms with Crippen molar-refractivity contribution in [3.63, 3.8) is 0 Å². The molecule has 0 radical (unpaired) electrons. The number of halogens is 2. The third kappa shape index (κ3) is 4.45. The number of rotatable bonds is 5. The van der Waals surface area contributed by atoms with Crippen molar-refractivity contribution in [2.24, 2.45) is 0 Å². The van der Waals surface area contributed by atoms with Crippen LogP contribution in [0.5, 0.6) is 0 Å². The number of para-hydroxylation sites is 1. The second kappa shape index (κ2) is 8.73. The van der Waals surface area contributed by atoms with E-state index in [9.17, 15) is 23.2 Å². The van der Waals surface area contributed by atoms with Crippen LogP contribution >= 0.6 is 0 Å². The predicted octanol–water partition coefficient (Wildman–Crippen LogP) is 3.05. The molecule has 3 amide bonds. The molecule has 156 valence electrons. The normalized spacial score (nSPS) is 11.7. The van der Waals surface area contributed by atoms with Crippen LogP contribution in [0.25, 0.3) is 11.0 Å². The Morgan fingerprint density at radius 2 is 1.67 bits per heavy atom. The van der Waals surface area contributed by atoms with Crippen molar-refractivity contribution in [2.75, 3.05) is 0 Å². The molecule has 3 rings (SSSR count). The van der Waals surface area contributed by atoms with Gasteiger partial charge in [0, 0.05) is 23.4 Å². The Hall–Kier alpha value is -3.75. The van der Waals surface area contributed by atoms with E-state index in [1.807, 2.05) is 0 Å². The Bertz CT molecular complexity index is 1110. The summed E-state index contributed by atoms with van der Waals surface area (Å²) in [4.78, 5) is 36.1. The largest absolute Gasteiger partial charge is 0.451 e. The zero-order chi connectivity index (χ0) is 21.8. The summed E-state index contributed by atoms with van der Waals surface area (Å²) in [6.07, 6.45) is -0.503. The first-order chi connectivity index (χ1) is 14.3. The fraction of sp³-hybridized carbons (Fsp3) is 0.190. The molecular weight excluding hydrogens is 396 g/mol. The maximum Gasteiger partial charge on any atom is 0.305 e. The number of furan rings is 1. The monoisotopic (exact) mass is 415 g/mol. The Morgan fingerprint density at radius 3 is 2.30 bits per heavy atom. The summed E-state index contributed by atoms with van der Waals surface area (Å²) in [6.45, 7) is 2.87. The second-order valence-corrected chi connectivity index (χ2v) is 6.65. The minimum Gasteiger partial charge on any atom is -0.451 e. The fourth-order valence-electron chi connectivity index (χ4n) is 3.12. The first-order valence-corrected chi connectivity index (χ1v) is 9.06. The number of carbonyl (C=O) groups excluding carboxylic acids is 3. The standard InChI is InChI=1S/C21H19F2N3O4/c1-11-13-6-3-4-9-17(13)30-20(11)21(29)26-25-18(28)10-16(24-12(2)27)19-14(22)7-5-8-15(19)23/h3-9,16H,10H2,1-2H3,(H,24,27)(H,25,28)(H,26,29). The fourth-order valence-corrected chi connectivity index (χ4v) is 3.12. The SMILES string of the molecule is CC(=O)NC(CC(=O)NNC(=O)c1oc2ccccc2c1C)c1c(F)cccc1F. The van der Waals surface area contributed by atoms with Gasteiger partial charge >= 0.3 is 5.91 Å². The summed E-state index contributed by atoms with van der Waals surface area (Å²) < 4.78 is 33.7. The van der Waals surface area contributed by atoms with Gasteiger partial charge in [-0.1, -0.05) is 24.3 Å². The van der Waals surface area contributed by atoms with Crippen LogP contribution in [0.2, 0.25) is 0 Å². The Balaban J connectivity index is 1.70. The lowest BCUT2D eigenvalue weighted by atomic mass is 10.0. The molecule has 0 aliphatic rings. The molecule has 3 aromatic rings. The van der Waals surface area contributed by atoms with Crippen LogP contribution in [0.15, 0.2) is 46.9 Å². The number of hydrazine groups is 1. The van der Waals surface area contributed by atoms with E-state index in [1.165, 1.54) is 6.07 Å². The van der Waals surface area contributed by atoms with Crippen molar-refractivity contribution in [2.45, 2.75) is 26.3 Å². The van der Waals surface area contributed by atoms with E-state index in [1.54, 1.807) is 31.2 Å². The molecule has 1 unspecified atom stereocenters. The maximum absolute atomic E-state index is 14.1. The van der Waals surface area contributed by atoms with E-state index in [2.05, 4.69) is 16.2 Å². The van der Waals surface area contributed by atoms with Gasteiger partial charge in [-0.05, 0) is 25.1 Å². The number of aryl methyl sites for hydroxylation is 1. The quantitative estimate of drug-likeness (QED) is 0.558. The first kappa shape index (κ1) is 21.0. The van der Waals surface area contributed by atoms with Crippen molar-refractivity contribution in [1.82, 2.24) is 16.2 Å². The Kier molecular flexibility index (Phi) is 6.10. The third-order valence-corrected chi connectivity index (χ3v) is 4.48. The predicted molar refractivity (Wildman–Crippen MR) is 104 cm³/mol. The molecule has 0 saturated heterocycles. The highest BCUT2D eigenvalue weighted by Crippen LogP contribution is 2.25. The summed E-state index contributed by atoms with van der Waals surface area (Å²) in [7, 11) is 0. The van der Waals surface area contributed by atoms with Crippen LogP contribution in [0.1, 0.15) is 41.1 Å². The average Bonchev–Trinajstić information content (AvgIpc) is 3.02. The molecule has 1 atom stereocenters. The summed E-state index contributed by atoms with van der Waals surface area (Å²) in [6, 6.07) is 9.04. The van der Waals surface area contributed by atoms with Crippen LogP contribution in [0, 0.1) is 18.6 Å². The summed E-state index contributed by atoms with van der Waals surface area (Å²) in [5.41, 5.74) is 5.05. The number of nitrogens with one attached hydrogen (secondary N) is 3. The molecule has 0 spiro atoms. The topological polar surface area (TPSA) is 100 Å². The van der Waals surface area contributed by atoms with Gasteiger partial charge in [0.1, 0.15) is 17.2 Å². The Labute approximate surface area is 170 Å². The number of fused-ring (bicyclic) bond motifs is 1. The van der Waals surface area contributed by atoms with E-state index < -0.39 is 47.4 Å². The van der Waals surface area contributed by atoms with E-state index in [0.29, 0.717) is 11.1 Å². The maximum atomic E-state index is 14.1. The molecule has 0 aliphatic heterocycles. The summed E-state index contributed by atoms with van der Waals surface area (Å²) in [5.74, 6) is -3.80. The molecule has 1 aromatic heterocycles. The highest BCUT2D eigenvalue weighted by molar-refractivity contribution is 5.99. The molecule has 9 heteroatoms. The van der Waals surface area contributed by atoms with Crippen LogP contribution < -0.4 is 16.2 Å². The van der Waals surface area contributed by atoms with Crippen molar-refractivity contribution < 1.29 is 27.6 Å². The summed E-state index contributed by atoms with van der Waals surface area (Å²) >= 11 is 0. The Morgan fingerprint density at radius 1 is 1.00 bits per heavy atom. The molecule has 0 aliphatic carbocycles. The van der Waals surface area contributed by atoms with Gasteiger partial charge in [0.15, 0.2) is 5.76 Å². The molecular formula is C21H19F2N3O4. The van der Waals surface area contributed by atoms with Gasteiger partial charge in [-0.25, -0.2) is 8.78 Å². The van der Waals surface area contributed by atoms with E-state index in [0.717, 1.165) is 24.4 Å². The second-order valence-electron chi connectivity index (χ2n) is 6.65. The zero-order valence-electron chi connectivity index (χ0n) is 16.2. The number of carbonyl (C=O) groups is 3. The molecule has 0 fully saturated rings. The molecule has 2 aromatic carbocycles. The van der Waals surface area contributed by atoms with Crippen molar-refractivity contribution in [3.8, 4) is 0 Å². The lowest BCUT2D eigenvalue weighted by Gasteiger charge is -2.19.